The summed E-state index contributed by atoms with van der Waals surface area (Å²) < 4.78 is 13.8. The van der Waals surface area contributed by atoms with Gasteiger partial charge >= 0.3 is 5.97 Å². The molecule has 0 saturated carbocycles. The zero-order valence-corrected chi connectivity index (χ0v) is 19.3. The molecule has 0 radical (unpaired) electrons. The van der Waals surface area contributed by atoms with Gasteiger partial charge in [-0.3, -0.25) is 4.40 Å². The Balaban J connectivity index is 1.78. The minimum atomic E-state index is -0.941. The van der Waals surface area contributed by atoms with Gasteiger partial charge in [0.1, 0.15) is 11.8 Å². The van der Waals surface area contributed by atoms with E-state index in [0.717, 1.165) is 28.0 Å². The summed E-state index contributed by atoms with van der Waals surface area (Å²) in [6.07, 6.45) is 1.55. The predicted octanol–water partition coefficient (Wildman–Crippen LogP) is 5.78. The number of aromatic carboxylic acids is 1. The second-order valence-corrected chi connectivity index (χ2v) is 8.50. The fourth-order valence-electron chi connectivity index (χ4n) is 3.91. The molecule has 0 aliphatic heterocycles. The first-order valence-corrected chi connectivity index (χ1v) is 11.0. The highest BCUT2D eigenvalue weighted by atomic mass is 16.5. The molecule has 2 aromatic carbocycles. The van der Waals surface area contributed by atoms with Crippen LogP contribution in [0.5, 0.6) is 5.88 Å². The predicted molar refractivity (Wildman–Crippen MR) is 128 cm³/mol. The molecule has 0 amide bonds. The third-order valence-corrected chi connectivity index (χ3v) is 5.57. The summed E-state index contributed by atoms with van der Waals surface area (Å²) in [5.41, 5.74) is 5.62. The maximum atomic E-state index is 11.6. The van der Waals surface area contributed by atoms with E-state index in [2.05, 4.69) is 24.9 Å². The molecule has 6 nitrogen and oxygen atoms in total. The molecule has 0 bridgehead atoms. The molecule has 170 valence electrons. The maximum absolute atomic E-state index is 11.6. The molecule has 6 heteroatoms. The Kier molecular flexibility index (Phi) is 6.47. The number of ether oxygens (including phenoxy) is 2. The number of imidazole rings is 1. The van der Waals surface area contributed by atoms with E-state index in [9.17, 15) is 9.90 Å². The zero-order valence-electron chi connectivity index (χ0n) is 19.3. The summed E-state index contributed by atoms with van der Waals surface area (Å²) in [5.74, 6) is -0.0230. The van der Waals surface area contributed by atoms with Gasteiger partial charge in [0.2, 0.25) is 5.88 Å². The van der Waals surface area contributed by atoms with Crippen LogP contribution < -0.4 is 4.74 Å². The van der Waals surface area contributed by atoms with Gasteiger partial charge in [0, 0.05) is 0 Å². The van der Waals surface area contributed by atoms with Crippen LogP contribution in [-0.2, 0) is 4.74 Å². The molecule has 4 aromatic rings. The Morgan fingerprint density at radius 1 is 1.06 bits per heavy atom. The van der Waals surface area contributed by atoms with E-state index in [0.29, 0.717) is 24.0 Å². The molecule has 1 unspecified atom stereocenters. The van der Waals surface area contributed by atoms with Gasteiger partial charge < -0.3 is 14.6 Å². The number of carboxylic acid groups (broad SMARTS) is 1. The van der Waals surface area contributed by atoms with E-state index < -0.39 is 5.97 Å². The van der Waals surface area contributed by atoms with E-state index in [1.54, 1.807) is 19.2 Å². The lowest BCUT2D eigenvalue weighted by Gasteiger charge is -2.22. The Bertz CT molecular complexity index is 1280. The fraction of sp³-hybridized carbons (Fsp3) is 0.259. The number of carboxylic acids is 1. The molecular weight excluding hydrogens is 416 g/mol. The molecule has 1 atom stereocenters. The van der Waals surface area contributed by atoms with E-state index in [1.807, 2.05) is 60.0 Å². The smallest absolute Gasteiger partial charge is 0.336 e. The first-order chi connectivity index (χ1) is 15.9. The number of rotatable bonds is 8. The van der Waals surface area contributed by atoms with Crippen molar-refractivity contribution in [3.63, 3.8) is 0 Å². The van der Waals surface area contributed by atoms with Crippen molar-refractivity contribution in [2.24, 2.45) is 5.92 Å². The van der Waals surface area contributed by atoms with Crippen molar-refractivity contribution in [2.45, 2.75) is 26.9 Å². The largest absolute Gasteiger partial charge is 0.480 e. The minimum Gasteiger partial charge on any atom is -0.480 e. The van der Waals surface area contributed by atoms with Gasteiger partial charge in [-0.05, 0) is 47.2 Å². The van der Waals surface area contributed by atoms with Crippen molar-refractivity contribution < 1.29 is 19.4 Å². The molecule has 2 aromatic heterocycles. The second kappa shape index (κ2) is 9.46. The number of hydrogen-bond donors (Lipinski definition) is 1. The van der Waals surface area contributed by atoms with Gasteiger partial charge in [0.15, 0.2) is 0 Å². The quantitative estimate of drug-likeness (QED) is 0.373. The van der Waals surface area contributed by atoms with Crippen LogP contribution in [0.1, 0.15) is 47.1 Å². The normalized spacial score (nSPS) is 12.3. The summed E-state index contributed by atoms with van der Waals surface area (Å²) in [6, 6.07) is 19.0. The number of pyridine rings is 1. The lowest BCUT2D eigenvalue weighted by atomic mass is 9.96. The third-order valence-electron chi connectivity index (χ3n) is 5.57. The van der Waals surface area contributed by atoms with Crippen LogP contribution in [0.25, 0.3) is 16.8 Å². The van der Waals surface area contributed by atoms with Crippen LogP contribution in [0.2, 0.25) is 0 Å². The summed E-state index contributed by atoms with van der Waals surface area (Å²) >= 11 is 0. The summed E-state index contributed by atoms with van der Waals surface area (Å²) in [4.78, 5) is 16.2. The first kappa shape index (κ1) is 22.6. The molecule has 1 N–H and O–H groups in total. The highest BCUT2D eigenvalue weighted by Gasteiger charge is 2.21. The first-order valence-electron chi connectivity index (χ1n) is 11.0. The number of aromatic nitrogens is 2. The molecule has 4 rings (SSSR count). The Labute approximate surface area is 193 Å². The minimum absolute atomic E-state index is 0.281. The highest BCUT2D eigenvalue weighted by molar-refractivity contribution is 5.96. The molecule has 0 fully saturated rings. The molecule has 33 heavy (non-hydrogen) atoms. The van der Waals surface area contributed by atoms with Crippen LogP contribution in [0.3, 0.4) is 0 Å². The molecular formula is C27H28N2O4. The van der Waals surface area contributed by atoms with Crippen LogP contribution in [0.4, 0.5) is 0 Å². The van der Waals surface area contributed by atoms with E-state index in [1.165, 1.54) is 0 Å². The lowest BCUT2D eigenvalue weighted by molar-refractivity contribution is 0.0570. The Hall–Kier alpha value is -3.64. The number of aryl methyl sites for hydroxylation is 1. The number of nitrogens with zero attached hydrogens (tertiary/aromatic N) is 2. The van der Waals surface area contributed by atoms with Crippen molar-refractivity contribution in [3.05, 3.63) is 89.2 Å². The van der Waals surface area contributed by atoms with Gasteiger partial charge in [-0.2, -0.15) is 4.98 Å². The zero-order chi connectivity index (χ0) is 23.5. The Morgan fingerprint density at radius 3 is 2.45 bits per heavy atom. The van der Waals surface area contributed by atoms with Crippen molar-refractivity contribution >= 4 is 11.6 Å². The summed E-state index contributed by atoms with van der Waals surface area (Å²) in [5, 5.41) is 9.55. The topological polar surface area (TPSA) is 73.1 Å². The van der Waals surface area contributed by atoms with Crippen molar-refractivity contribution in [3.8, 4) is 17.0 Å². The second-order valence-electron chi connectivity index (χ2n) is 8.50. The van der Waals surface area contributed by atoms with Gasteiger partial charge in [0.25, 0.3) is 0 Å². The van der Waals surface area contributed by atoms with Crippen molar-refractivity contribution in [2.75, 3.05) is 13.7 Å². The van der Waals surface area contributed by atoms with Gasteiger partial charge in [-0.15, -0.1) is 0 Å². The summed E-state index contributed by atoms with van der Waals surface area (Å²) in [7, 11) is 1.61. The van der Waals surface area contributed by atoms with Gasteiger partial charge in [-0.25, -0.2) is 4.79 Å². The summed E-state index contributed by atoms with van der Waals surface area (Å²) in [6.45, 7) is 6.85. The molecule has 0 spiro atoms. The van der Waals surface area contributed by atoms with E-state index in [-0.39, 0.29) is 11.7 Å². The van der Waals surface area contributed by atoms with Crippen LogP contribution >= 0.6 is 0 Å². The van der Waals surface area contributed by atoms with Crippen LogP contribution in [0, 0.1) is 12.8 Å². The average molecular weight is 445 g/mol. The lowest BCUT2D eigenvalue weighted by Crippen LogP contribution is -2.14. The van der Waals surface area contributed by atoms with Gasteiger partial charge in [0.05, 0.1) is 31.2 Å². The third kappa shape index (κ3) is 4.61. The highest BCUT2D eigenvalue weighted by Crippen LogP contribution is 2.32. The molecule has 0 saturated heterocycles. The SMILES string of the molecule is COc1cn2c(C(OCC(C)C)c3ccc(-c4ccccc4C(=O)O)cc3)ccc(C)c2n1. The number of hydrogen-bond acceptors (Lipinski definition) is 4. The number of benzene rings is 2. The van der Waals surface area contributed by atoms with Crippen LogP contribution in [-0.4, -0.2) is 34.2 Å². The van der Waals surface area contributed by atoms with Crippen molar-refractivity contribution in [1.82, 2.24) is 9.38 Å². The number of methoxy groups -OCH3 is 1. The average Bonchev–Trinajstić information content (AvgIpc) is 3.26. The van der Waals surface area contributed by atoms with Crippen LogP contribution in [0.15, 0.2) is 66.9 Å². The number of carbonyl (C=O) groups is 1. The van der Waals surface area contributed by atoms with Gasteiger partial charge in [-0.1, -0.05) is 62.4 Å². The monoisotopic (exact) mass is 444 g/mol. The standard InChI is InChI=1S/C27H28N2O4/c1-17(2)16-33-25(23-14-9-18(3)26-28-24(32-4)15-29(23)26)20-12-10-19(11-13-20)21-7-5-6-8-22(21)27(30)31/h5-15,17,25H,16H2,1-4H3,(H,30,31). The fourth-order valence-corrected chi connectivity index (χ4v) is 3.91. The Morgan fingerprint density at radius 2 is 1.79 bits per heavy atom. The molecule has 2 heterocycles. The van der Waals surface area contributed by atoms with E-state index >= 15 is 0 Å². The van der Waals surface area contributed by atoms with E-state index in [4.69, 9.17) is 9.47 Å². The molecule has 0 aliphatic rings. The number of fused-ring (bicyclic) bond motifs is 1. The molecule has 0 aliphatic carbocycles. The maximum Gasteiger partial charge on any atom is 0.336 e. The van der Waals surface area contributed by atoms with Crippen molar-refractivity contribution in [1.29, 1.82) is 0 Å².